The highest BCUT2D eigenvalue weighted by Crippen LogP contribution is 2.34. The van der Waals surface area contributed by atoms with E-state index < -0.39 is 0 Å². The molecule has 0 amide bonds. The molecular weight excluding hydrogens is 212 g/mol. The van der Waals surface area contributed by atoms with Crippen molar-refractivity contribution in [1.29, 1.82) is 0 Å². The van der Waals surface area contributed by atoms with Crippen molar-refractivity contribution in [2.45, 2.75) is 25.4 Å². The molecule has 3 heteroatoms. The van der Waals surface area contributed by atoms with Gasteiger partial charge in [-0.05, 0) is 37.9 Å². The van der Waals surface area contributed by atoms with Gasteiger partial charge in [-0.2, -0.15) is 0 Å². The standard InChI is InChI=1S/C14H20N2O/c1-16-9-3-4-12-13(16)5-2-6-14(12)17-11-7-8-15-10-11/h2,5-6,11,15H,3-4,7-10H2,1H3. The van der Waals surface area contributed by atoms with Crippen LogP contribution in [-0.4, -0.2) is 32.8 Å². The Kier molecular flexibility index (Phi) is 2.93. The van der Waals surface area contributed by atoms with Crippen LogP contribution in [0.25, 0.3) is 0 Å². The van der Waals surface area contributed by atoms with E-state index in [0.717, 1.165) is 38.2 Å². The molecule has 1 saturated heterocycles. The largest absolute Gasteiger partial charge is 0.489 e. The molecule has 2 aliphatic rings. The van der Waals surface area contributed by atoms with E-state index in [-0.39, 0.29) is 0 Å². The fraction of sp³-hybridized carbons (Fsp3) is 0.571. The van der Waals surface area contributed by atoms with Gasteiger partial charge in [0.1, 0.15) is 11.9 Å². The zero-order valence-electron chi connectivity index (χ0n) is 10.4. The van der Waals surface area contributed by atoms with Crippen LogP contribution >= 0.6 is 0 Å². The minimum Gasteiger partial charge on any atom is -0.489 e. The molecule has 0 bridgehead atoms. The van der Waals surface area contributed by atoms with Crippen molar-refractivity contribution in [3.05, 3.63) is 23.8 Å². The summed E-state index contributed by atoms with van der Waals surface area (Å²) in [5.74, 6) is 1.10. The van der Waals surface area contributed by atoms with Crippen LogP contribution in [0.2, 0.25) is 0 Å². The van der Waals surface area contributed by atoms with Crippen molar-refractivity contribution in [2.24, 2.45) is 0 Å². The fourth-order valence-electron chi connectivity index (χ4n) is 2.80. The maximum atomic E-state index is 6.13. The second-order valence-corrected chi connectivity index (χ2v) is 5.01. The van der Waals surface area contributed by atoms with E-state index in [1.54, 1.807) is 0 Å². The molecule has 0 spiro atoms. The van der Waals surface area contributed by atoms with Gasteiger partial charge in [0.15, 0.2) is 0 Å². The topological polar surface area (TPSA) is 24.5 Å². The average Bonchev–Trinajstić information content (AvgIpc) is 2.83. The van der Waals surface area contributed by atoms with E-state index in [1.807, 2.05) is 0 Å². The summed E-state index contributed by atoms with van der Waals surface area (Å²) in [6, 6.07) is 6.43. The number of benzene rings is 1. The van der Waals surface area contributed by atoms with Gasteiger partial charge >= 0.3 is 0 Å². The lowest BCUT2D eigenvalue weighted by molar-refractivity contribution is 0.220. The molecule has 0 aliphatic carbocycles. The average molecular weight is 232 g/mol. The summed E-state index contributed by atoms with van der Waals surface area (Å²) in [5, 5.41) is 3.35. The Bertz CT molecular complexity index is 399. The third kappa shape index (κ3) is 2.12. The molecule has 2 aliphatic heterocycles. The summed E-state index contributed by atoms with van der Waals surface area (Å²) in [5.41, 5.74) is 2.74. The van der Waals surface area contributed by atoms with Crippen LogP contribution in [0.5, 0.6) is 5.75 Å². The summed E-state index contributed by atoms with van der Waals surface area (Å²) in [4.78, 5) is 2.33. The smallest absolute Gasteiger partial charge is 0.125 e. The van der Waals surface area contributed by atoms with E-state index in [2.05, 4.69) is 35.5 Å². The molecule has 1 fully saturated rings. The molecule has 0 saturated carbocycles. The van der Waals surface area contributed by atoms with Crippen LogP contribution in [0.3, 0.4) is 0 Å². The second-order valence-electron chi connectivity index (χ2n) is 5.01. The number of hydrogen-bond acceptors (Lipinski definition) is 3. The molecule has 3 rings (SSSR count). The predicted octanol–water partition coefficient (Wildman–Crippen LogP) is 1.81. The van der Waals surface area contributed by atoms with Crippen LogP contribution in [0, 0.1) is 0 Å². The Morgan fingerprint density at radius 3 is 3.18 bits per heavy atom. The van der Waals surface area contributed by atoms with Gasteiger partial charge < -0.3 is 15.0 Å². The highest BCUT2D eigenvalue weighted by Gasteiger charge is 2.21. The maximum absolute atomic E-state index is 6.13. The highest BCUT2D eigenvalue weighted by atomic mass is 16.5. The van der Waals surface area contributed by atoms with Gasteiger partial charge in [0, 0.05) is 31.4 Å². The minimum absolute atomic E-state index is 0.355. The van der Waals surface area contributed by atoms with E-state index in [4.69, 9.17) is 4.74 Å². The SMILES string of the molecule is CN1CCCc2c(OC3CCNC3)cccc21. The first-order valence-electron chi connectivity index (χ1n) is 6.55. The van der Waals surface area contributed by atoms with E-state index in [9.17, 15) is 0 Å². The Morgan fingerprint density at radius 2 is 2.35 bits per heavy atom. The first-order valence-corrected chi connectivity index (χ1v) is 6.55. The quantitative estimate of drug-likeness (QED) is 0.841. The first kappa shape index (κ1) is 10.9. The molecule has 1 unspecified atom stereocenters. The monoisotopic (exact) mass is 232 g/mol. The summed E-state index contributed by atoms with van der Waals surface area (Å²) >= 11 is 0. The lowest BCUT2D eigenvalue weighted by Gasteiger charge is -2.29. The number of rotatable bonds is 2. The van der Waals surface area contributed by atoms with Crippen molar-refractivity contribution >= 4 is 5.69 Å². The second kappa shape index (κ2) is 4.57. The van der Waals surface area contributed by atoms with Gasteiger partial charge in [-0.1, -0.05) is 6.07 Å². The van der Waals surface area contributed by atoms with Crippen molar-refractivity contribution in [2.75, 3.05) is 31.6 Å². The zero-order chi connectivity index (χ0) is 11.7. The lowest BCUT2D eigenvalue weighted by Crippen LogP contribution is -2.26. The molecule has 92 valence electrons. The van der Waals surface area contributed by atoms with Gasteiger partial charge in [0.05, 0.1) is 0 Å². The fourth-order valence-corrected chi connectivity index (χ4v) is 2.80. The van der Waals surface area contributed by atoms with Crippen LogP contribution in [-0.2, 0) is 6.42 Å². The summed E-state index contributed by atoms with van der Waals surface area (Å²) in [6.07, 6.45) is 3.86. The molecule has 0 radical (unpaired) electrons. The summed E-state index contributed by atoms with van der Waals surface area (Å²) in [6.45, 7) is 3.22. The van der Waals surface area contributed by atoms with Crippen LogP contribution in [0.4, 0.5) is 5.69 Å². The Morgan fingerprint density at radius 1 is 1.41 bits per heavy atom. The molecule has 1 aromatic rings. The number of hydrogen-bond donors (Lipinski definition) is 1. The number of fused-ring (bicyclic) bond motifs is 1. The van der Waals surface area contributed by atoms with Crippen molar-refractivity contribution in [3.63, 3.8) is 0 Å². The van der Waals surface area contributed by atoms with Gasteiger partial charge in [-0.15, -0.1) is 0 Å². The van der Waals surface area contributed by atoms with Crippen molar-refractivity contribution < 1.29 is 4.74 Å². The van der Waals surface area contributed by atoms with Gasteiger partial charge in [-0.25, -0.2) is 0 Å². The van der Waals surface area contributed by atoms with Gasteiger partial charge in [0.25, 0.3) is 0 Å². The molecular formula is C14H20N2O. The van der Waals surface area contributed by atoms with Crippen LogP contribution in [0.15, 0.2) is 18.2 Å². The third-order valence-electron chi connectivity index (χ3n) is 3.75. The van der Waals surface area contributed by atoms with E-state index in [1.165, 1.54) is 17.7 Å². The summed E-state index contributed by atoms with van der Waals surface area (Å²) in [7, 11) is 2.17. The Labute approximate surface area is 103 Å². The number of ether oxygens (including phenoxy) is 1. The molecule has 3 nitrogen and oxygen atoms in total. The Hall–Kier alpha value is -1.22. The molecule has 1 N–H and O–H groups in total. The Balaban J connectivity index is 1.86. The molecule has 0 aromatic heterocycles. The number of nitrogens with zero attached hydrogens (tertiary/aromatic N) is 1. The van der Waals surface area contributed by atoms with Crippen LogP contribution < -0.4 is 15.0 Å². The van der Waals surface area contributed by atoms with Crippen molar-refractivity contribution in [1.82, 2.24) is 5.32 Å². The van der Waals surface area contributed by atoms with Crippen LogP contribution in [0.1, 0.15) is 18.4 Å². The highest BCUT2D eigenvalue weighted by molar-refractivity contribution is 5.60. The molecule has 17 heavy (non-hydrogen) atoms. The lowest BCUT2D eigenvalue weighted by atomic mass is 10.0. The molecule has 2 heterocycles. The zero-order valence-corrected chi connectivity index (χ0v) is 10.4. The van der Waals surface area contributed by atoms with E-state index in [0.29, 0.717) is 6.10 Å². The van der Waals surface area contributed by atoms with Crippen molar-refractivity contribution in [3.8, 4) is 5.75 Å². The minimum atomic E-state index is 0.355. The normalized spacial score (nSPS) is 23.6. The first-order chi connectivity index (χ1) is 8.34. The predicted molar refractivity (Wildman–Crippen MR) is 69.9 cm³/mol. The van der Waals surface area contributed by atoms with Gasteiger partial charge in [0.2, 0.25) is 0 Å². The number of anilines is 1. The molecule has 1 atom stereocenters. The van der Waals surface area contributed by atoms with Gasteiger partial charge in [-0.3, -0.25) is 0 Å². The van der Waals surface area contributed by atoms with E-state index >= 15 is 0 Å². The summed E-state index contributed by atoms with van der Waals surface area (Å²) < 4.78 is 6.13. The number of nitrogens with one attached hydrogen (secondary N) is 1. The molecule has 1 aromatic carbocycles. The third-order valence-corrected chi connectivity index (χ3v) is 3.75. The maximum Gasteiger partial charge on any atom is 0.125 e.